The summed E-state index contributed by atoms with van der Waals surface area (Å²) in [5, 5.41) is 2.44. The van der Waals surface area contributed by atoms with Gasteiger partial charge in [-0.05, 0) is 24.3 Å². The molecule has 3 amide bonds. The lowest BCUT2D eigenvalue weighted by atomic mass is 10.3. The third kappa shape index (κ3) is 5.20. The number of carbonyl (C=O) groups excluding carboxylic acids is 2. The maximum Gasteiger partial charge on any atom is 0.336 e. The van der Waals surface area contributed by atoms with Crippen molar-refractivity contribution in [2.45, 2.75) is 0 Å². The van der Waals surface area contributed by atoms with E-state index in [0.29, 0.717) is 17.1 Å². The Morgan fingerprint density at radius 3 is 2.57 bits per heavy atom. The molecule has 120 valence electrons. The molecule has 1 aromatic carbocycles. The van der Waals surface area contributed by atoms with Crippen LogP contribution in [0.2, 0.25) is 0 Å². The van der Waals surface area contributed by atoms with Crippen LogP contribution in [0.4, 0.5) is 4.79 Å². The number of amides is 3. The summed E-state index contributed by atoms with van der Waals surface area (Å²) in [6, 6.07) is 9.42. The van der Waals surface area contributed by atoms with Crippen molar-refractivity contribution in [1.29, 1.82) is 0 Å². The summed E-state index contributed by atoms with van der Waals surface area (Å²) in [5.41, 5.74) is 4.86. The van der Waals surface area contributed by atoms with E-state index in [0.717, 1.165) is 0 Å². The van der Waals surface area contributed by atoms with E-state index in [-0.39, 0.29) is 6.73 Å². The van der Waals surface area contributed by atoms with Crippen LogP contribution in [0, 0.1) is 0 Å². The number of benzene rings is 1. The van der Waals surface area contributed by atoms with Crippen molar-refractivity contribution >= 4 is 11.9 Å². The molecule has 3 N–H and O–H groups in total. The van der Waals surface area contributed by atoms with E-state index >= 15 is 0 Å². The van der Waals surface area contributed by atoms with Crippen molar-refractivity contribution < 1.29 is 19.1 Å². The number of aromatic nitrogens is 1. The Labute approximate surface area is 132 Å². The summed E-state index contributed by atoms with van der Waals surface area (Å²) in [7, 11) is 1.55. The third-order valence-corrected chi connectivity index (χ3v) is 2.74. The van der Waals surface area contributed by atoms with E-state index in [2.05, 4.69) is 21.2 Å². The molecule has 2 rings (SSSR count). The summed E-state index contributed by atoms with van der Waals surface area (Å²) in [4.78, 5) is 27.0. The van der Waals surface area contributed by atoms with Crippen molar-refractivity contribution in [3.63, 3.8) is 0 Å². The number of ether oxygens (including phenoxy) is 2. The number of hydrogen-bond acceptors (Lipinski definition) is 5. The number of methoxy groups -OCH3 is 1. The van der Waals surface area contributed by atoms with Crippen molar-refractivity contribution in [2.24, 2.45) is 0 Å². The van der Waals surface area contributed by atoms with E-state index in [1.165, 1.54) is 24.5 Å². The standard InChI is InChI=1S/C15H16N4O4/c1-22-12-3-2-4-13(9-12)23-10-17-15(21)19-18-14(20)11-5-7-16-8-6-11/h2-9H,10H2,1H3,(H,18,20)(H2,17,19,21). The van der Waals surface area contributed by atoms with Gasteiger partial charge in [0.25, 0.3) is 5.91 Å². The zero-order valence-corrected chi connectivity index (χ0v) is 12.4. The van der Waals surface area contributed by atoms with Crippen LogP contribution in [0.15, 0.2) is 48.8 Å². The number of hydrogen-bond donors (Lipinski definition) is 3. The highest BCUT2D eigenvalue weighted by Crippen LogP contribution is 2.18. The first-order valence-corrected chi connectivity index (χ1v) is 6.70. The van der Waals surface area contributed by atoms with Gasteiger partial charge in [-0.15, -0.1) is 0 Å². The molecule has 0 aliphatic rings. The lowest BCUT2D eigenvalue weighted by Gasteiger charge is -2.10. The summed E-state index contributed by atoms with van der Waals surface area (Å²) < 4.78 is 10.4. The Morgan fingerprint density at radius 2 is 1.83 bits per heavy atom. The molecule has 0 aliphatic carbocycles. The van der Waals surface area contributed by atoms with E-state index in [1.54, 1.807) is 31.4 Å². The molecular weight excluding hydrogens is 300 g/mol. The topological polar surface area (TPSA) is 102 Å². The molecule has 0 spiro atoms. The van der Waals surface area contributed by atoms with E-state index < -0.39 is 11.9 Å². The summed E-state index contributed by atoms with van der Waals surface area (Å²) in [6.07, 6.45) is 2.97. The molecule has 0 fully saturated rings. The van der Waals surface area contributed by atoms with Gasteiger partial charge in [0.15, 0.2) is 6.73 Å². The molecule has 2 aromatic rings. The Kier molecular flexibility index (Phi) is 5.75. The first kappa shape index (κ1) is 16.1. The zero-order valence-electron chi connectivity index (χ0n) is 12.4. The second-order valence-electron chi connectivity index (χ2n) is 4.29. The molecule has 1 aromatic heterocycles. The Morgan fingerprint density at radius 1 is 1.09 bits per heavy atom. The number of nitrogens with one attached hydrogen (secondary N) is 3. The highest BCUT2D eigenvalue weighted by molar-refractivity contribution is 5.95. The average Bonchev–Trinajstić information content (AvgIpc) is 2.60. The van der Waals surface area contributed by atoms with Crippen molar-refractivity contribution in [1.82, 2.24) is 21.2 Å². The van der Waals surface area contributed by atoms with Crippen LogP contribution in [-0.4, -0.2) is 30.8 Å². The Hall–Kier alpha value is -3.29. The van der Waals surface area contributed by atoms with Crippen molar-refractivity contribution in [3.8, 4) is 11.5 Å². The fourth-order valence-corrected chi connectivity index (χ4v) is 1.61. The molecule has 0 saturated carbocycles. The predicted molar refractivity (Wildman–Crippen MR) is 81.9 cm³/mol. The molecule has 0 saturated heterocycles. The van der Waals surface area contributed by atoms with Crippen LogP contribution in [-0.2, 0) is 0 Å². The number of hydrazine groups is 1. The average molecular weight is 316 g/mol. The summed E-state index contributed by atoms with van der Waals surface area (Å²) in [6.45, 7) is -0.0653. The third-order valence-electron chi connectivity index (χ3n) is 2.74. The van der Waals surface area contributed by atoms with Gasteiger partial charge in [0, 0.05) is 24.0 Å². The number of nitrogens with zero attached hydrogens (tertiary/aromatic N) is 1. The number of carbonyl (C=O) groups is 2. The number of urea groups is 1. The molecule has 0 unspecified atom stereocenters. The van der Waals surface area contributed by atoms with Gasteiger partial charge in [0.05, 0.1) is 7.11 Å². The quantitative estimate of drug-likeness (QED) is 0.566. The summed E-state index contributed by atoms with van der Waals surface area (Å²) in [5.74, 6) is 0.748. The highest BCUT2D eigenvalue weighted by Gasteiger charge is 2.06. The van der Waals surface area contributed by atoms with Crippen molar-refractivity contribution in [3.05, 3.63) is 54.4 Å². The lowest BCUT2D eigenvalue weighted by molar-refractivity contribution is 0.0935. The normalized spacial score (nSPS) is 9.61. The van der Waals surface area contributed by atoms with Gasteiger partial charge < -0.3 is 14.8 Å². The maximum absolute atomic E-state index is 11.7. The van der Waals surface area contributed by atoms with Crippen LogP contribution in [0.3, 0.4) is 0 Å². The minimum Gasteiger partial charge on any atom is -0.497 e. The van der Waals surface area contributed by atoms with Gasteiger partial charge in [-0.25, -0.2) is 10.2 Å². The van der Waals surface area contributed by atoms with E-state index in [4.69, 9.17) is 9.47 Å². The lowest BCUT2D eigenvalue weighted by Crippen LogP contribution is -2.47. The molecule has 0 aliphatic heterocycles. The second kappa shape index (κ2) is 8.23. The van der Waals surface area contributed by atoms with Crippen LogP contribution in [0.1, 0.15) is 10.4 Å². The van der Waals surface area contributed by atoms with Gasteiger partial charge in [0.1, 0.15) is 11.5 Å². The zero-order chi connectivity index (χ0) is 16.5. The van der Waals surface area contributed by atoms with Crippen LogP contribution in [0.25, 0.3) is 0 Å². The molecule has 8 heteroatoms. The molecule has 0 atom stereocenters. The molecule has 0 radical (unpaired) electrons. The minimum absolute atomic E-state index is 0.0653. The number of rotatable bonds is 5. The van der Waals surface area contributed by atoms with Crippen LogP contribution < -0.4 is 25.6 Å². The van der Waals surface area contributed by atoms with Crippen molar-refractivity contribution in [2.75, 3.05) is 13.8 Å². The molecule has 1 heterocycles. The van der Waals surface area contributed by atoms with Crippen LogP contribution in [0.5, 0.6) is 11.5 Å². The Bertz CT molecular complexity index is 664. The molecule has 8 nitrogen and oxygen atoms in total. The predicted octanol–water partition coefficient (Wildman–Crippen LogP) is 1.07. The largest absolute Gasteiger partial charge is 0.497 e. The first-order chi connectivity index (χ1) is 11.2. The van der Waals surface area contributed by atoms with Crippen LogP contribution >= 0.6 is 0 Å². The van der Waals surface area contributed by atoms with Gasteiger partial charge in [-0.3, -0.25) is 15.2 Å². The SMILES string of the molecule is COc1cccc(OCNC(=O)NNC(=O)c2ccncc2)c1. The first-order valence-electron chi connectivity index (χ1n) is 6.70. The monoisotopic (exact) mass is 316 g/mol. The molecule has 23 heavy (non-hydrogen) atoms. The highest BCUT2D eigenvalue weighted by atomic mass is 16.5. The van der Waals surface area contributed by atoms with Gasteiger partial charge in [0.2, 0.25) is 0 Å². The summed E-state index contributed by atoms with van der Waals surface area (Å²) >= 11 is 0. The van der Waals surface area contributed by atoms with E-state index in [1.807, 2.05) is 0 Å². The van der Waals surface area contributed by atoms with Gasteiger partial charge in [-0.1, -0.05) is 6.07 Å². The fraction of sp³-hybridized carbons (Fsp3) is 0.133. The fourth-order valence-electron chi connectivity index (χ4n) is 1.61. The van der Waals surface area contributed by atoms with E-state index in [9.17, 15) is 9.59 Å². The number of pyridine rings is 1. The maximum atomic E-state index is 11.7. The second-order valence-corrected chi connectivity index (χ2v) is 4.29. The smallest absolute Gasteiger partial charge is 0.336 e. The minimum atomic E-state index is -0.602. The molecule has 0 bridgehead atoms. The molecular formula is C15H16N4O4. The van der Waals surface area contributed by atoms with Gasteiger partial charge in [-0.2, -0.15) is 0 Å². The van der Waals surface area contributed by atoms with Gasteiger partial charge >= 0.3 is 6.03 Å². The Balaban J connectivity index is 1.70.